The van der Waals surface area contributed by atoms with E-state index in [1.165, 1.54) is 69.8 Å². The molecule has 0 unspecified atom stereocenters. The predicted octanol–water partition coefficient (Wildman–Crippen LogP) is 6.26. The third-order valence-electron chi connectivity index (χ3n) is 4.82. The van der Waals surface area contributed by atoms with Gasteiger partial charge in [-0.25, -0.2) is 4.39 Å². The Kier molecular flexibility index (Phi) is 6.56. The van der Waals surface area contributed by atoms with E-state index in [9.17, 15) is 4.39 Å². The van der Waals surface area contributed by atoms with E-state index >= 15 is 0 Å². The first-order valence-electron chi connectivity index (χ1n) is 8.46. The molecule has 2 rings (SSSR count). The molecule has 0 spiro atoms. The fraction of sp³-hybridized carbons (Fsp3) is 0.684. The van der Waals surface area contributed by atoms with Gasteiger partial charge in [0.15, 0.2) is 0 Å². The van der Waals surface area contributed by atoms with Gasteiger partial charge in [-0.2, -0.15) is 0 Å². The lowest BCUT2D eigenvalue weighted by Gasteiger charge is -2.28. The van der Waals surface area contributed by atoms with Gasteiger partial charge < -0.3 is 0 Å². The smallest absolute Gasteiger partial charge is 0.131 e. The van der Waals surface area contributed by atoms with E-state index in [0.29, 0.717) is 5.92 Å². The molecule has 0 heterocycles. The van der Waals surface area contributed by atoms with Crippen molar-refractivity contribution in [2.24, 2.45) is 5.92 Å². The summed E-state index contributed by atoms with van der Waals surface area (Å²) in [7, 11) is 0. The molecule has 0 amide bonds. The number of benzene rings is 1. The molecule has 20 heavy (non-hydrogen) atoms. The summed E-state index contributed by atoms with van der Waals surface area (Å²) >= 11 is 0. The third kappa shape index (κ3) is 4.92. The maximum atomic E-state index is 13.2. The molecule has 1 radical (unpaired) electrons. The molecular formula is C19H28F. The first kappa shape index (κ1) is 15.5. The van der Waals surface area contributed by atoms with Gasteiger partial charge in [0.25, 0.3) is 0 Å². The van der Waals surface area contributed by atoms with Gasteiger partial charge in [-0.3, -0.25) is 0 Å². The van der Waals surface area contributed by atoms with Gasteiger partial charge in [0.05, 0.1) is 0 Å². The van der Waals surface area contributed by atoms with Crippen molar-refractivity contribution >= 4 is 0 Å². The second kappa shape index (κ2) is 8.44. The highest BCUT2D eigenvalue weighted by Crippen LogP contribution is 2.37. The molecule has 1 heteroatoms. The van der Waals surface area contributed by atoms with Gasteiger partial charge in [0.1, 0.15) is 5.82 Å². The number of hydrogen-bond donors (Lipinski definition) is 0. The molecule has 1 saturated carbocycles. The molecule has 1 aliphatic rings. The molecule has 1 aromatic rings. The zero-order chi connectivity index (χ0) is 14.2. The molecule has 1 aromatic carbocycles. The lowest BCUT2D eigenvalue weighted by Crippen LogP contribution is -2.13. The molecule has 0 aliphatic heterocycles. The summed E-state index contributed by atoms with van der Waals surface area (Å²) < 4.78 is 13.2. The van der Waals surface area contributed by atoms with Crippen molar-refractivity contribution < 1.29 is 4.39 Å². The Morgan fingerprint density at radius 1 is 1.10 bits per heavy atom. The first-order chi connectivity index (χ1) is 9.79. The van der Waals surface area contributed by atoms with Crippen LogP contribution >= 0.6 is 0 Å². The SMILES string of the molecule is CCCCCCCC1CCC(c2cc[c]c(F)c2)CC1. The minimum absolute atomic E-state index is 0.208. The van der Waals surface area contributed by atoms with Gasteiger partial charge >= 0.3 is 0 Å². The zero-order valence-electron chi connectivity index (χ0n) is 12.8. The van der Waals surface area contributed by atoms with Crippen LogP contribution in [0.4, 0.5) is 4.39 Å². The van der Waals surface area contributed by atoms with Crippen LogP contribution in [0.15, 0.2) is 18.2 Å². The average molecular weight is 275 g/mol. The van der Waals surface area contributed by atoms with E-state index < -0.39 is 0 Å². The normalized spacial score (nSPS) is 22.9. The summed E-state index contributed by atoms with van der Waals surface area (Å²) in [4.78, 5) is 0. The third-order valence-corrected chi connectivity index (χ3v) is 4.82. The Hall–Kier alpha value is -0.850. The Morgan fingerprint density at radius 3 is 2.55 bits per heavy atom. The minimum atomic E-state index is -0.208. The fourth-order valence-electron chi connectivity index (χ4n) is 3.53. The topological polar surface area (TPSA) is 0 Å². The van der Waals surface area contributed by atoms with E-state index in [1.54, 1.807) is 12.1 Å². The molecule has 0 bridgehead atoms. The Balaban J connectivity index is 1.67. The van der Waals surface area contributed by atoms with Crippen molar-refractivity contribution in [1.82, 2.24) is 0 Å². The molecule has 1 aliphatic carbocycles. The minimum Gasteiger partial charge on any atom is -0.206 e. The van der Waals surface area contributed by atoms with Gasteiger partial charge in [0.2, 0.25) is 0 Å². The van der Waals surface area contributed by atoms with Crippen LogP contribution in [0.25, 0.3) is 0 Å². The Labute approximate surface area is 123 Å². The highest BCUT2D eigenvalue weighted by Gasteiger charge is 2.22. The van der Waals surface area contributed by atoms with Crippen LogP contribution in [0.1, 0.15) is 82.6 Å². The first-order valence-corrected chi connectivity index (χ1v) is 8.46. The fourth-order valence-corrected chi connectivity index (χ4v) is 3.53. The maximum Gasteiger partial charge on any atom is 0.131 e. The van der Waals surface area contributed by atoms with Crippen LogP contribution in [0.2, 0.25) is 0 Å². The maximum absolute atomic E-state index is 13.2. The van der Waals surface area contributed by atoms with Crippen molar-refractivity contribution in [3.05, 3.63) is 35.6 Å². The molecular weight excluding hydrogens is 247 g/mol. The Bertz CT molecular complexity index is 377. The van der Waals surface area contributed by atoms with Crippen LogP contribution in [0.5, 0.6) is 0 Å². The zero-order valence-corrected chi connectivity index (χ0v) is 12.8. The van der Waals surface area contributed by atoms with Crippen molar-refractivity contribution in [2.45, 2.75) is 77.0 Å². The molecule has 0 N–H and O–H groups in total. The van der Waals surface area contributed by atoms with E-state index in [4.69, 9.17) is 0 Å². The molecule has 0 saturated heterocycles. The highest BCUT2D eigenvalue weighted by molar-refractivity contribution is 5.20. The summed E-state index contributed by atoms with van der Waals surface area (Å²) in [5, 5.41) is 0. The quantitative estimate of drug-likeness (QED) is 0.515. The summed E-state index contributed by atoms with van der Waals surface area (Å²) in [6.45, 7) is 2.27. The summed E-state index contributed by atoms with van der Waals surface area (Å²) in [5.41, 5.74) is 1.18. The standard InChI is InChI=1S/C19H28F/c1-2-3-4-5-6-8-16-11-13-17(14-12-16)18-9-7-10-19(20)15-18/h7,9,15-17H,2-6,8,11-14H2,1H3. The van der Waals surface area contributed by atoms with Crippen LogP contribution in [-0.2, 0) is 0 Å². The summed E-state index contributed by atoms with van der Waals surface area (Å²) in [5.74, 6) is 1.30. The van der Waals surface area contributed by atoms with Crippen LogP contribution in [0.3, 0.4) is 0 Å². The van der Waals surface area contributed by atoms with Crippen LogP contribution in [-0.4, -0.2) is 0 Å². The molecule has 0 atom stereocenters. The summed E-state index contributed by atoms with van der Waals surface area (Å²) in [6, 6.07) is 8.04. The predicted molar refractivity (Wildman–Crippen MR) is 83.3 cm³/mol. The molecule has 111 valence electrons. The van der Waals surface area contributed by atoms with Gasteiger partial charge in [-0.15, -0.1) is 0 Å². The summed E-state index contributed by atoms with van der Waals surface area (Å²) in [6.07, 6.45) is 13.5. The van der Waals surface area contributed by atoms with E-state index in [1.807, 2.05) is 6.07 Å². The molecule has 1 fully saturated rings. The number of halogens is 1. The van der Waals surface area contributed by atoms with E-state index in [-0.39, 0.29) is 5.82 Å². The van der Waals surface area contributed by atoms with Crippen LogP contribution in [0, 0.1) is 17.8 Å². The second-order valence-corrected chi connectivity index (χ2v) is 6.39. The van der Waals surface area contributed by atoms with Crippen molar-refractivity contribution in [3.8, 4) is 0 Å². The molecule has 0 nitrogen and oxygen atoms in total. The second-order valence-electron chi connectivity index (χ2n) is 6.39. The number of unbranched alkanes of at least 4 members (excludes halogenated alkanes) is 4. The Morgan fingerprint density at radius 2 is 1.85 bits per heavy atom. The van der Waals surface area contributed by atoms with E-state index in [0.717, 1.165) is 5.92 Å². The van der Waals surface area contributed by atoms with Crippen molar-refractivity contribution in [3.63, 3.8) is 0 Å². The van der Waals surface area contributed by atoms with Gasteiger partial charge in [-0.05, 0) is 49.1 Å². The van der Waals surface area contributed by atoms with Crippen molar-refractivity contribution in [1.29, 1.82) is 0 Å². The lowest BCUT2D eigenvalue weighted by atomic mass is 9.77. The monoisotopic (exact) mass is 275 g/mol. The van der Waals surface area contributed by atoms with E-state index in [2.05, 4.69) is 13.0 Å². The lowest BCUT2D eigenvalue weighted by molar-refractivity contribution is 0.301. The van der Waals surface area contributed by atoms with Gasteiger partial charge in [-0.1, -0.05) is 57.6 Å². The van der Waals surface area contributed by atoms with Crippen molar-refractivity contribution in [2.75, 3.05) is 0 Å². The average Bonchev–Trinajstić information content (AvgIpc) is 2.48. The molecule has 0 aromatic heterocycles. The number of rotatable bonds is 7. The largest absolute Gasteiger partial charge is 0.206 e. The van der Waals surface area contributed by atoms with Crippen LogP contribution < -0.4 is 0 Å². The number of hydrogen-bond acceptors (Lipinski definition) is 0. The highest BCUT2D eigenvalue weighted by atomic mass is 19.1. The van der Waals surface area contributed by atoms with Gasteiger partial charge in [0, 0.05) is 6.07 Å².